The van der Waals surface area contributed by atoms with Gasteiger partial charge in [0.1, 0.15) is 6.04 Å². The highest BCUT2D eigenvalue weighted by Crippen LogP contribution is 2.35. The van der Waals surface area contributed by atoms with Crippen molar-refractivity contribution in [3.8, 4) is 11.5 Å². The van der Waals surface area contributed by atoms with Crippen molar-refractivity contribution in [1.82, 2.24) is 0 Å². The van der Waals surface area contributed by atoms with Crippen molar-refractivity contribution in [2.24, 2.45) is 17.6 Å². The quantitative estimate of drug-likeness (QED) is 0.221. The monoisotopic (exact) mass is 511 g/mol. The van der Waals surface area contributed by atoms with Crippen LogP contribution >= 0.6 is 0 Å². The van der Waals surface area contributed by atoms with E-state index in [4.69, 9.17) is 29.4 Å². The van der Waals surface area contributed by atoms with E-state index in [1.54, 1.807) is 13.8 Å². The predicted molar refractivity (Wildman–Crippen MR) is 129 cm³/mol. The van der Waals surface area contributed by atoms with Crippen LogP contribution in [0.2, 0.25) is 0 Å². The summed E-state index contributed by atoms with van der Waals surface area (Å²) in [5.74, 6) is -2.75. The minimum Gasteiger partial charge on any atom is -0.480 e. The number of carbonyl (C=O) groups is 4. The zero-order valence-corrected chi connectivity index (χ0v) is 21.6. The van der Waals surface area contributed by atoms with Crippen LogP contribution in [0.5, 0.6) is 11.5 Å². The number of aliphatic carboxylic acids is 1. The van der Waals surface area contributed by atoms with Crippen molar-refractivity contribution in [3.63, 3.8) is 0 Å². The van der Waals surface area contributed by atoms with E-state index in [1.807, 2.05) is 27.7 Å². The van der Waals surface area contributed by atoms with Gasteiger partial charge in [-0.3, -0.25) is 9.59 Å². The molecule has 0 fully saturated rings. The molecule has 0 aromatic heterocycles. The topological polar surface area (TPSA) is 161 Å². The molecule has 11 nitrogen and oxygen atoms in total. The summed E-state index contributed by atoms with van der Waals surface area (Å²) in [5.41, 5.74) is 6.31. The minimum atomic E-state index is -1.36. The van der Waals surface area contributed by atoms with Crippen LogP contribution in [0.25, 0.3) is 0 Å². The van der Waals surface area contributed by atoms with Crippen molar-refractivity contribution in [2.45, 2.75) is 72.4 Å². The predicted octanol–water partition coefficient (Wildman–Crippen LogP) is 4.26. The Bertz CT molecular complexity index is 899. The second-order valence-corrected chi connectivity index (χ2v) is 9.18. The number of nitrogens with two attached hydrogens (primary N) is 1. The molecule has 0 aliphatic rings. The summed E-state index contributed by atoms with van der Waals surface area (Å²) in [7, 11) is 0. The van der Waals surface area contributed by atoms with Crippen molar-refractivity contribution < 1.29 is 48.0 Å². The van der Waals surface area contributed by atoms with Gasteiger partial charge >= 0.3 is 24.2 Å². The summed E-state index contributed by atoms with van der Waals surface area (Å²) in [6, 6.07) is 2.79. The van der Waals surface area contributed by atoms with Gasteiger partial charge in [-0.15, -0.1) is 0 Å². The highest BCUT2D eigenvalue weighted by atomic mass is 16.7. The summed E-state index contributed by atoms with van der Waals surface area (Å²) in [5, 5.41) is 9.54. The Kier molecular flexibility index (Phi) is 12.7. The smallest absolute Gasteiger partial charge is 0.480 e. The highest BCUT2D eigenvalue weighted by molar-refractivity contribution is 5.75. The lowest BCUT2D eigenvalue weighted by Gasteiger charge is -2.25. The molecule has 36 heavy (non-hydrogen) atoms. The summed E-state index contributed by atoms with van der Waals surface area (Å²) in [6.45, 7) is 10.9. The number of hydrogen-bond acceptors (Lipinski definition) is 10. The molecule has 3 atom stereocenters. The fraction of sp³-hybridized carbons (Fsp3) is 0.600. The van der Waals surface area contributed by atoms with Gasteiger partial charge in [-0.2, -0.15) is 0 Å². The number of carboxylic acids is 1. The van der Waals surface area contributed by atoms with Gasteiger partial charge in [-0.25, -0.2) is 9.59 Å². The van der Waals surface area contributed by atoms with E-state index < -0.39 is 42.3 Å². The van der Waals surface area contributed by atoms with Crippen LogP contribution in [0, 0.1) is 11.8 Å². The van der Waals surface area contributed by atoms with Gasteiger partial charge in [0.2, 0.25) is 0 Å². The summed E-state index contributed by atoms with van der Waals surface area (Å²) >= 11 is 0. The lowest BCUT2D eigenvalue weighted by molar-refractivity contribution is -0.148. The molecule has 0 amide bonds. The molecular weight excluding hydrogens is 474 g/mol. The maximum absolute atomic E-state index is 12.2. The molecule has 2 unspecified atom stereocenters. The Hall–Kier alpha value is -3.34. The molecule has 0 heterocycles. The Morgan fingerprint density at radius 1 is 0.889 bits per heavy atom. The van der Waals surface area contributed by atoms with Gasteiger partial charge < -0.3 is 34.5 Å². The normalized spacial score (nSPS) is 13.5. The number of ether oxygens (including phenoxy) is 5. The molecule has 0 bridgehead atoms. The fourth-order valence-electron chi connectivity index (χ4n) is 3.00. The maximum atomic E-state index is 12.2. The van der Waals surface area contributed by atoms with Crippen LogP contribution in [0.3, 0.4) is 0 Å². The largest absolute Gasteiger partial charge is 0.513 e. The average Bonchev–Trinajstić information content (AvgIpc) is 2.80. The van der Waals surface area contributed by atoms with Gasteiger partial charge in [0.05, 0.1) is 19.3 Å². The number of carbonyl (C=O) groups excluding carboxylic acids is 3. The molecule has 1 aromatic carbocycles. The number of benzene rings is 1. The van der Waals surface area contributed by atoms with E-state index >= 15 is 0 Å². The molecule has 0 aliphatic carbocycles. The third-order valence-corrected chi connectivity index (χ3v) is 4.78. The number of esters is 1. The Labute approximate surface area is 211 Å². The zero-order valence-electron chi connectivity index (χ0n) is 21.6. The Morgan fingerprint density at radius 3 is 1.89 bits per heavy atom. The SMILES string of the molecule is CCC(=O)OC(C)CC(c1ccc(OC(=O)OCC(C)C)c(OC(=O)OCC(C)C)c1)[C@H](N)C(=O)O. The van der Waals surface area contributed by atoms with Crippen molar-refractivity contribution >= 4 is 24.2 Å². The number of carboxylic acid groups (broad SMARTS) is 1. The molecule has 0 saturated carbocycles. The summed E-state index contributed by atoms with van der Waals surface area (Å²) in [4.78, 5) is 47.7. The van der Waals surface area contributed by atoms with Crippen LogP contribution in [0.1, 0.15) is 65.9 Å². The third-order valence-electron chi connectivity index (χ3n) is 4.78. The molecule has 3 N–H and O–H groups in total. The van der Waals surface area contributed by atoms with E-state index in [2.05, 4.69) is 0 Å². The summed E-state index contributed by atoms with van der Waals surface area (Å²) < 4.78 is 25.8. The fourth-order valence-corrected chi connectivity index (χ4v) is 3.00. The van der Waals surface area contributed by atoms with Crippen LogP contribution in [0.4, 0.5) is 9.59 Å². The van der Waals surface area contributed by atoms with Gasteiger partial charge in [0.15, 0.2) is 11.5 Å². The lowest BCUT2D eigenvalue weighted by atomic mass is 9.87. The van der Waals surface area contributed by atoms with Gasteiger partial charge in [0, 0.05) is 12.3 Å². The van der Waals surface area contributed by atoms with Crippen molar-refractivity contribution in [2.75, 3.05) is 13.2 Å². The number of hydrogen-bond donors (Lipinski definition) is 2. The first-order chi connectivity index (χ1) is 16.8. The second-order valence-electron chi connectivity index (χ2n) is 9.18. The van der Waals surface area contributed by atoms with Gasteiger partial charge in [-0.05, 0) is 42.9 Å². The van der Waals surface area contributed by atoms with Crippen LogP contribution < -0.4 is 15.2 Å². The maximum Gasteiger partial charge on any atom is 0.513 e. The Balaban J connectivity index is 3.31. The highest BCUT2D eigenvalue weighted by Gasteiger charge is 2.30. The van der Waals surface area contributed by atoms with E-state index in [-0.39, 0.29) is 49.4 Å². The standard InChI is InChI=1S/C25H37NO10/c1-7-21(27)34-16(6)10-18(22(26)23(28)29)17-8-9-19(35-24(30)32-12-14(2)3)20(11-17)36-25(31)33-13-15(4)5/h8-9,11,14-16,18,22H,7,10,12-13,26H2,1-6H3,(H,28,29)/t16?,18?,22-/m0/s1. The van der Waals surface area contributed by atoms with Gasteiger partial charge in [0.25, 0.3) is 0 Å². The third kappa shape index (κ3) is 10.9. The molecule has 0 spiro atoms. The first kappa shape index (κ1) is 30.7. The Morgan fingerprint density at radius 2 is 1.42 bits per heavy atom. The first-order valence-electron chi connectivity index (χ1n) is 11.8. The number of rotatable bonds is 13. The zero-order chi connectivity index (χ0) is 27.4. The van der Waals surface area contributed by atoms with E-state index in [9.17, 15) is 24.3 Å². The average molecular weight is 512 g/mol. The molecule has 0 aliphatic heterocycles. The molecular formula is C25H37NO10. The van der Waals surface area contributed by atoms with Crippen LogP contribution in [-0.4, -0.2) is 54.7 Å². The van der Waals surface area contributed by atoms with Gasteiger partial charge in [-0.1, -0.05) is 40.7 Å². The van der Waals surface area contributed by atoms with Crippen molar-refractivity contribution in [1.29, 1.82) is 0 Å². The lowest BCUT2D eigenvalue weighted by Crippen LogP contribution is -2.38. The van der Waals surface area contributed by atoms with Crippen LogP contribution in [-0.2, 0) is 23.8 Å². The minimum absolute atomic E-state index is 0.0517. The second kappa shape index (κ2) is 14.9. The van der Waals surface area contributed by atoms with Crippen LogP contribution in [0.15, 0.2) is 18.2 Å². The van der Waals surface area contributed by atoms with E-state index in [0.717, 1.165) is 0 Å². The molecule has 0 radical (unpaired) electrons. The molecule has 1 aromatic rings. The molecule has 1 rings (SSSR count). The summed E-state index contributed by atoms with van der Waals surface area (Å²) in [6.07, 6.45) is -2.45. The molecule has 202 valence electrons. The molecule has 0 saturated heterocycles. The molecule has 11 heteroatoms. The van der Waals surface area contributed by atoms with E-state index in [1.165, 1.54) is 18.2 Å². The van der Waals surface area contributed by atoms with E-state index in [0.29, 0.717) is 5.56 Å². The first-order valence-corrected chi connectivity index (χ1v) is 11.8. The van der Waals surface area contributed by atoms with Crippen molar-refractivity contribution in [3.05, 3.63) is 23.8 Å².